The molecule has 0 aliphatic carbocycles. The first-order valence-electron chi connectivity index (χ1n) is 7.94. The molecule has 0 bridgehead atoms. The van der Waals surface area contributed by atoms with E-state index in [0.717, 1.165) is 35.1 Å². The second-order valence-electron chi connectivity index (χ2n) is 6.04. The van der Waals surface area contributed by atoms with Gasteiger partial charge in [0, 0.05) is 16.7 Å². The summed E-state index contributed by atoms with van der Waals surface area (Å²) < 4.78 is 12.0. The number of hydrogen-bond donors (Lipinski definition) is 0. The van der Waals surface area contributed by atoms with Gasteiger partial charge in [0.2, 0.25) is 0 Å². The van der Waals surface area contributed by atoms with Crippen LogP contribution in [0.5, 0.6) is 11.5 Å². The van der Waals surface area contributed by atoms with Crippen LogP contribution in [0, 0.1) is 6.92 Å². The molecule has 0 aliphatic heterocycles. The molecule has 0 heterocycles. The van der Waals surface area contributed by atoms with Gasteiger partial charge in [0.1, 0.15) is 11.5 Å². The highest BCUT2D eigenvalue weighted by Crippen LogP contribution is 2.35. The van der Waals surface area contributed by atoms with Crippen molar-refractivity contribution < 1.29 is 9.47 Å². The van der Waals surface area contributed by atoms with Crippen molar-refractivity contribution in [3.63, 3.8) is 0 Å². The Hall–Kier alpha value is -1.41. The van der Waals surface area contributed by atoms with Crippen LogP contribution in [-0.2, 0) is 0 Å². The summed E-state index contributed by atoms with van der Waals surface area (Å²) in [6, 6.07) is 10.4. The van der Waals surface area contributed by atoms with E-state index >= 15 is 0 Å². The minimum atomic E-state index is 0.152. The van der Waals surface area contributed by atoms with E-state index in [1.807, 2.05) is 26.0 Å². The smallest absolute Gasteiger partial charge is 0.127 e. The van der Waals surface area contributed by atoms with Gasteiger partial charge in [0.15, 0.2) is 0 Å². The maximum atomic E-state index is 6.13. The SMILES string of the molecule is Cc1ccc2c(OC(C)C)ccc(OC(C)CCCCl)c2c1. The summed E-state index contributed by atoms with van der Waals surface area (Å²) in [5, 5.41) is 2.21. The summed E-state index contributed by atoms with van der Waals surface area (Å²) in [6.07, 6.45) is 2.23. The van der Waals surface area contributed by atoms with E-state index in [1.165, 1.54) is 5.56 Å². The lowest BCUT2D eigenvalue weighted by molar-refractivity contribution is 0.212. The maximum Gasteiger partial charge on any atom is 0.127 e. The number of halogens is 1. The standard InChI is InChI=1S/C19H25ClO2/c1-13(2)21-18-9-10-19(22-15(4)6-5-11-20)17-12-14(3)7-8-16(17)18/h7-10,12-13,15H,5-6,11H2,1-4H3. The predicted octanol–water partition coefficient (Wildman–Crippen LogP) is 5.72. The molecule has 1 unspecified atom stereocenters. The van der Waals surface area contributed by atoms with Crippen LogP contribution >= 0.6 is 11.6 Å². The van der Waals surface area contributed by atoms with Crippen molar-refractivity contribution in [1.82, 2.24) is 0 Å². The number of fused-ring (bicyclic) bond motifs is 1. The molecule has 0 aromatic heterocycles. The molecule has 120 valence electrons. The van der Waals surface area contributed by atoms with Crippen LogP contribution in [0.1, 0.15) is 39.2 Å². The van der Waals surface area contributed by atoms with Gasteiger partial charge in [-0.15, -0.1) is 11.6 Å². The van der Waals surface area contributed by atoms with Crippen molar-refractivity contribution in [2.75, 3.05) is 5.88 Å². The average molecular weight is 321 g/mol. The van der Waals surface area contributed by atoms with E-state index in [9.17, 15) is 0 Å². The second kappa shape index (κ2) is 7.73. The lowest BCUT2D eigenvalue weighted by atomic mass is 10.1. The summed E-state index contributed by atoms with van der Waals surface area (Å²) >= 11 is 5.76. The molecule has 2 rings (SSSR count). The molecule has 0 saturated carbocycles. The number of benzene rings is 2. The van der Waals surface area contributed by atoms with E-state index in [0.29, 0.717) is 5.88 Å². The molecule has 0 spiro atoms. The lowest BCUT2D eigenvalue weighted by Crippen LogP contribution is -2.12. The molecule has 0 fully saturated rings. The minimum absolute atomic E-state index is 0.152. The van der Waals surface area contributed by atoms with Gasteiger partial charge in [-0.05, 0) is 58.7 Å². The van der Waals surface area contributed by atoms with Crippen LogP contribution in [0.4, 0.5) is 0 Å². The Morgan fingerprint density at radius 2 is 1.64 bits per heavy atom. The van der Waals surface area contributed by atoms with E-state index < -0.39 is 0 Å². The monoisotopic (exact) mass is 320 g/mol. The minimum Gasteiger partial charge on any atom is -0.490 e. The third kappa shape index (κ3) is 4.30. The van der Waals surface area contributed by atoms with Gasteiger partial charge >= 0.3 is 0 Å². The van der Waals surface area contributed by atoms with Crippen LogP contribution < -0.4 is 9.47 Å². The zero-order valence-corrected chi connectivity index (χ0v) is 14.6. The Balaban J connectivity index is 2.36. The van der Waals surface area contributed by atoms with E-state index in [2.05, 4.69) is 32.0 Å². The molecule has 0 saturated heterocycles. The average Bonchev–Trinajstić information content (AvgIpc) is 2.47. The summed E-state index contributed by atoms with van der Waals surface area (Å²) in [5.74, 6) is 2.50. The molecule has 2 nitrogen and oxygen atoms in total. The van der Waals surface area contributed by atoms with Crippen LogP contribution in [0.25, 0.3) is 10.8 Å². The van der Waals surface area contributed by atoms with Gasteiger partial charge in [-0.2, -0.15) is 0 Å². The molecule has 2 aromatic rings. The Labute approximate surface area is 138 Å². The van der Waals surface area contributed by atoms with Crippen molar-refractivity contribution in [3.05, 3.63) is 35.9 Å². The molecule has 0 N–H and O–H groups in total. The van der Waals surface area contributed by atoms with Crippen LogP contribution in [0.3, 0.4) is 0 Å². The summed E-state index contributed by atoms with van der Waals surface area (Å²) in [6.45, 7) is 8.26. The Bertz CT molecular complexity index is 622. The Morgan fingerprint density at radius 3 is 2.27 bits per heavy atom. The summed E-state index contributed by atoms with van der Waals surface area (Å²) in [7, 11) is 0. The van der Waals surface area contributed by atoms with Gasteiger partial charge in [0.05, 0.1) is 12.2 Å². The molecule has 0 aliphatic rings. The van der Waals surface area contributed by atoms with E-state index in [-0.39, 0.29) is 12.2 Å². The fraction of sp³-hybridized carbons (Fsp3) is 0.474. The highest BCUT2D eigenvalue weighted by molar-refractivity contribution is 6.17. The fourth-order valence-corrected chi connectivity index (χ4v) is 2.66. The molecule has 22 heavy (non-hydrogen) atoms. The van der Waals surface area contributed by atoms with Crippen LogP contribution in [-0.4, -0.2) is 18.1 Å². The van der Waals surface area contributed by atoms with Crippen molar-refractivity contribution in [2.45, 2.75) is 52.7 Å². The van der Waals surface area contributed by atoms with Gasteiger partial charge in [0.25, 0.3) is 0 Å². The highest BCUT2D eigenvalue weighted by atomic mass is 35.5. The summed E-state index contributed by atoms with van der Waals surface area (Å²) in [5.41, 5.74) is 1.22. The largest absolute Gasteiger partial charge is 0.490 e. The van der Waals surface area contributed by atoms with Gasteiger partial charge < -0.3 is 9.47 Å². The molecular formula is C19H25ClO2. The topological polar surface area (TPSA) is 18.5 Å². The Morgan fingerprint density at radius 1 is 0.955 bits per heavy atom. The van der Waals surface area contributed by atoms with E-state index in [1.54, 1.807) is 0 Å². The van der Waals surface area contributed by atoms with Crippen LogP contribution in [0.15, 0.2) is 30.3 Å². The zero-order chi connectivity index (χ0) is 16.1. The molecule has 3 heteroatoms. The third-order valence-corrected chi connectivity index (χ3v) is 3.79. The quantitative estimate of drug-likeness (QED) is 0.607. The molecule has 2 aromatic carbocycles. The van der Waals surface area contributed by atoms with Gasteiger partial charge in [-0.25, -0.2) is 0 Å². The molecule has 0 amide bonds. The summed E-state index contributed by atoms with van der Waals surface area (Å²) in [4.78, 5) is 0. The second-order valence-corrected chi connectivity index (χ2v) is 6.42. The number of alkyl halides is 1. The van der Waals surface area contributed by atoms with Crippen molar-refractivity contribution in [1.29, 1.82) is 0 Å². The first-order chi connectivity index (χ1) is 10.5. The van der Waals surface area contributed by atoms with Crippen molar-refractivity contribution >= 4 is 22.4 Å². The first-order valence-corrected chi connectivity index (χ1v) is 8.47. The third-order valence-electron chi connectivity index (χ3n) is 3.53. The Kier molecular flexibility index (Phi) is 5.96. The normalized spacial score (nSPS) is 12.6. The number of aryl methyl sites for hydroxylation is 1. The number of hydrogen-bond acceptors (Lipinski definition) is 2. The molecule has 1 atom stereocenters. The van der Waals surface area contributed by atoms with Crippen molar-refractivity contribution in [3.8, 4) is 11.5 Å². The van der Waals surface area contributed by atoms with Crippen molar-refractivity contribution in [2.24, 2.45) is 0 Å². The predicted molar refractivity (Wildman–Crippen MR) is 94.5 cm³/mol. The van der Waals surface area contributed by atoms with E-state index in [4.69, 9.17) is 21.1 Å². The number of rotatable bonds is 7. The van der Waals surface area contributed by atoms with Gasteiger partial charge in [-0.1, -0.05) is 17.7 Å². The van der Waals surface area contributed by atoms with Crippen LogP contribution in [0.2, 0.25) is 0 Å². The fourth-order valence-electron chi connectivity index (χ4n) is 2.51. The molecule has 0 radical (unpaired) electrons. The van der Waals surface area contributed by atoms with Gasteiger partial charge in [-0.3, -0.25) is 0 Å². The zero-order valence-electron chi connectivity index (χ0n) is 13.9. The number of ether oxygens (including phenoxy) is 2. The lowest BCUT2D eigenvalue weighted by Gasteiger charge is -2.19. The maximum absolute atomic E-state index is 6.13. The molecular weight excluding hydrogens is 296 g/mol. The first kappa shape index (κ1) is 17.0. The highest BCUT2D eigenvalue weighted by Gasteiger charge is 2.12.